The molecule has 2 N–H and O–H groups in total. The Bertz CT molecular complexity index is 116. The lowest BCUT2D eigenvalue weighted by molar-refractivity contribution is 0.255. The molecule has 0 spiro atoms. The molecule has 0 aromatic carbocycles. The van der Waals surface area contributed by atoms with Crippen LogP contribution in [0.5, 0.6) is 0 Å². The molecule has 4 heteroatoms. The van der Waals surface area contributed by atoms with Crippen molar-refractivity contribution in [2.45, 2.75) is 13.0 Å². The molecule has 0 bridgehead atoms. The molecule has 0 heterocycles. The Labute approximate surface area is 70.8 Å². The number of aliphatic hydroxyl groups excluding tert-OH is 1. The quantitative estimate of drug-likeness (QED) is 0.689. The van der Waals surface area contributed by atoms with E-state index >= 15 is 0 Å². The normalized spacial score (nSPS) is 15.4. The molecule has 0 aromatic rings. The number of halogens is 2. The van der Waals surface area contributed by atoms with Crippen LogP contribution in [0.4, 0.5) is 0 Å². The fourth-order valence-electron chi connectivity index (χ4n) is 0.375. The summed E-state index contributed by atoms with van der Waals surface area (Å²) in [5, 5.41) is 12.1. The van der Waals surface area contributed by atoms with E-state index in [0.717, 1.165) is 0 Å². The average molecular weight is 184 g/mol. The van der Waals surface area contributed by atoms with Gasteiger partial charge in [0.2, 0.25) is 0 Å². The van der Waals surface area contributed by atoms with Gasteiger partial charge in [-0.25, -0.2) is 0 Å². The van der Waals surface area contributed by atoms with E-state index in [2.05, 4.69) is 5.32 Å². The third kappa shape index (κ3) is 5.06. The van der Waals surface area contributed by atoms with E-state index in [0.29, 0.717) is 11.6 Å². The summed E-state index contributed by atoms with van der Waals surface area (Å²) >= 11 is 10.8. The largest absolute Gasteiger partial charge is 0.395 e. The second kappa shape index (κ2) is 5.98. The smallest absolute Gasteiger partial charge is 0.0582 e. The molecule has 0 rings (SSSR count). The highest BCUT2D eigenvalue weighted by Gasteiger charge is 1.97. The Morgan fingerprint density at radius 1 is 1.80 bits per heavy atom. The van der Waals surface area contributed by atoms with E-state index in [4.69, 9.17) is 28.3 Å². The fraction of sp³-hybridized carbons (Fsp3) is 0.667. The van der Waals surface area contributed by atoms with Crippen LogP contribution in [0.2, 0.25) is 0 Å². The molecule has 0 aliphatic heterocycles. The Kier molecular flexibility index (Phi) is 6.13. The lowest BCUT2D eigenvalue weighted by atomic mass is 10.3. The molecule has 10 heavy (non-hydrogen) atoms. The molecule has 0 saturated heterocycles. The zero-order chi connectivity index (χ0) is 7.98. The van der Waals surface area contributed by atoms with E-state index < -0.39 is 0 Å². The average Bonchev–Trinajstić information content (AvgIpc) is 1.99. The number of nitrogens with one attached hydrogen (secondary N) is 1. The van der Waals surface area contributed by atoms with Crippen LogP contribution in [0.15, 0.2) is 10.6 Å². The fourth-order valence-corrected chi connectivity index (χ4v) is 0.529. The Morgan fingerprint density at radius 3 is 2.80 bits per heavy atom. The zero-order valence-corrected chi connectivity index (χ0v) is 7.28. The molecular formula is C6H11Cl2NO. The molecule has 1 unspecified atom stereocenters. The van der Waals surface area contributed by atoms with Crippen LogP contribution in [-0.4, -0.2) is 24.3 Å². The first-order valence-electron chi connectivity index (χ1n) is 2.99. The molecule has 0 radical (unpaired) electrons. The topological polar surface area (TPSA) is 32.3 Å². The molecular weight excluding hydrogens is 173 g/mol. The van der Waals surface area contributed by atoms with Gasteiger partial charge in [-0.1, -0.05) is 23.2 Å². The van der Waals surface area contributed by atoms with E-state index in [1.54, 1.807) is 0 Å². The second-order valence-corrected chi connectivity index (χ2v) is 2.72. The maximum Gasteiger partial charge on any atom is 0.0582 e. The highest BCUT2D eigenvalue weighted by Crippen LogP contribution is 2.00. The van der Waals surface area contributed by atoms with Crippen LogP contribution in [0.25, 0.3) is 0 Å². The summed E-state index contributed by atoms with van der Waals surface area (Å²) in [5.41, 5.74) is 1.30. The lowest BCUT2D eigenvalue weighted by Crippen LogP contribution is -2.30. The van der Waals surface area contributed by atoms with Crippen LogP contribution in [0.3, 0.4) is 0 Å². The Hall–Kier alpha value is 0.240. The summed E-state index contributed by atoms with van der Waals surface area (Å²) in [6.45, 7) is 2.47. The zero-order valence-electron chi connectivity index (χ0n) is 5.77. The van der Waals surface area contributed by atoms with Gasteiger partial charge in [0, 0.05) is 23.2 Å². The van der Waals surface area contributed by atoms with Gasteiger partial charge in [0.25, 0.3) is 0 Å². The molecule has 0 aromatic heterocycles. The van der Waals surface area contributed by atoms with Gasteiger partial charge in [-0.3, -0.25) is 0 Å². The summed E-state index contributed by atoms with van der Waals surface area (Å²) in [4.78, 5) is 0. The minimum atomic E-state index is 0.0605. The van der Waals surface area contributed by atoms with Crippen molar-refractivity contribution in [3.63, 3.8) is 0 Å². The molecule has 60 valence electrons. The third-order valence-electron chi connectivity index (χ3n) is 1.01. The van der Waals surface area contributed by atoms with Gasteiger partial charge >= 0.3 is 0 Å². The van der Waals surface area contributed by atoms with Gasteiger partial charge < -0.3 is 10.4 Å². The van der Waals surface area contributed by atoms with Gasteiger partial charge in [-0.2, -0.15) is 0 Å². The monoisotopic (exact) mass is 183 g/mol. The van der Waals surface area contributed by atoms with Crippen molar-refractivity contribution >= 4 is 23.2 Å². The van der Waals surface area contributed by atoms with Crippen LogP contribution in [-0.2, 0) is 0 Å². The molecule has 0 saturated carbocycles. The van der Waals surface area contributed by atoms with Crippen molar-refractivity contribution < 1.29 is 5.11 Å². The van der Waals surface area contributed by atoms with Gasteiger partial charge in [-0.05, 0) is 6.92 Å². The van der Waals surface area contributed by atoms with Crippen molar-refractivity contribution in [2.24, 2.45) is 0 Å². The molecule has 1 atom stereocenters. The highest BCUT2D eigenvalue weighted by atomic mass is 35.5. The van der Waals surface area contributed by atoms with Gasteiger partial charge in [0.05, 0.1) is 6.61 Å². The van der Waals surface area contributed by atoms with Crippen molar-refractivity contribution in [3.05, 3.63) is 10.6 Å². The van der Waals surface area contributed by atoms with Gasteiger partial charge in [0.15, 0.2) is 0 Å². The summed E-state index contributed by atoms with van der Waals surface area (Å²) in [6.07, 6.45) is 0. The van der Waals surface area contributed by atoms with Crippen molar-refractivity contribution in [1.82, 2.24) is 5.32 Å². The Morgan fingerprint density at radius 2 is 2.40 bits per heavy atom. The summed E-state index contributed by atoms with van der Waals surface area (Å²) < 4.78 is 0. The maximum atomic E-state index is 8.56. The van der Waals surface area contributed by atoms with Crippen LogP contribution >= 0.6 is 23.2 Å². The van der Waals surface area contributed by atoms with E-state index in [1.807, 2.05) is 6.92 Å². The predicted molar refractivity (Wildman–Crippen MR) is 44.3 cm³/mol. The van der Waals surface area contributed by atoms with Crippen LogP contribution in [0, 0.1) is 0 Å². The van der Waals surface area contributed by atoms with Gasteiger partial charge in [-0.15, -0.1) is 0 Å². The van der Waals surface area contributed by atoms with E-state index in [9.17, 15) is 0 Å². The minimum absolute atomic E-state index is 0.0605. The summed E-state index contributed by atoms with van der Waals surface area (Å²) in [7, 11) is 0. The summed E-state index contributed by atoms with van der Waals surface area (Å²) in [5.74, 6) is 0. The standard InChI is InChI=1S/C6H11Cl2NO/c1-5(4-10)9-3-6(8)2-7/h2,5,9-10H,3-4H2,1H3. The third-order valence-corrected chi connectivity index (χ3v) is 1.63. The summed E-state index contributed by atoms with van der Waals surface area (Å²) in [6, 6.07) is 0.0605. The molecule has 0 aliphatic carbocycles. The predicted octanol–water partition coefficient (Wildman–Crippen LogP) is 1.28. The second-order valence-electron chi connectivity index (χ2n) is 2.02. The molecule has 0 aliphatic rings. The molecule has 0 fully saturated rings. The van der Waals surface area contributed by atoms with Crippen molar-refractivity contribution in [2.75, 3.05) is 13.2 Å². The van der Waals surface area contributed by atoms with Crippen molar-refractivity contribution in [3.8, 4) is 0 Å². The first-order chi connectivity index (χ1) is 4.70. The number of aliphatic hydroxyl groups is 1. The van der Waals surface area contributed by atoms with Crippen LogP contribution < -0.4 is 5.32 Å². The number of rotatable bonds is 4. The molecule has 2 nitrogen and oxygen atoms in total. The number of hydrogen-bond acceptors (Lipinski definition) is 2. The highest BCUT2D eigenvalue weighted by molar-refractivity contribution is 6.36. The van der Waals surface area contributed by atoms with Gasteiger partial charge in [0.1, 0.15) is 0 Å². The van der Waals surface area contributed by atoms with E-state index in [1.165, 1.54) is 5.54 Å². The maximum absolute atomic E-state index is 8.56. The minimum Gasteiger partial charge on any atom is -0.395 e. The lowest BCUT2D eigenvalue weighted by Gasteiger charge is -2.08. The first-order valence-corrected chi connectivity index (χ1v) is 3.81. The Balaban J connectivity index is 3.35. The number of hydrogen-bond donors (Lipinski definition) is 2. The SMILES string of the molecule is CC(CO)NCC(Cl)=CCl. The first kappa shape index (κ1) is 10.2. The molecule has 0 amide bonds. The van der Waals surface area contributed by atoms with Crippen molar-refractivity contribution in [1.29, 1.82) is 0 Å². The van der Waals surface area contributed by atoms with Crippen LogP contribution in [0.1, 0.15) is 6.92 Å². The van der Waals surface area contributed by atoms with E-state index in [-0.39, 0.29) is 12.6 Å².